The van der Waals surface area contributed by atoms with Gasteiger partial charge >= 0.3 is 0 Å². The smallest absolute Gasteiger partial charge is 0.147 e. The van der Waals surface area contributed by atoms with E-state index in [-0.39, 0.29) is 6.61 Å². The Hall–Kier alpha value is -1.20. The number of hydrogen-bond acceptors (Lipinski definition) is 5. The number of aliphatic hydroxyl groups is 1. The summed E-state index contributed by atoms with van der Waals surface area (Å²) in [5.74, 6) is 0.867. The van der Waals surface area contributed by atoms with Crippen molar-refractivity contribution in [1.82, 2.24) is 14.9 Å². The van der Waals surface area contributed by atoms with Gasteiger partial charge in [0.15, 0.2) is 0 Å². The lowest BCUT2D eigenvalue weighted by atomic mass is 10.2. The van der Waals surface area contributed by atoms with Gasteiger partial charge in [-0.05, 0) is 14.0 Å². The van der Waals surface area contributed by atoms with Crippen LogP contribution in [0.25, 0.3) is 0 Å². The summed E-state index contributed by atoms with van der Waals surface area (Å²) >= 11 is 0. The van der Waals surface area contributed by atoms with Gasteiger partial charge in [0.05, 0.1) is 24.7 Å². The fourth-order valence-electron chi connectivity index (χ4n) is 1.88. The highest BCUT2D eigenvalue weighted by molar-refractivity contribution is 5.37. The van der Waals surface area contributed by atoms with Crippen molar-refractivity contribution in [2.45, 2.75) is 19.6 Å². The molecule has 1 N–H and O–H groups in total. The van der Waals surface area contributed by atoms with Gasteiger partial charge in [0.2, 0.25) is 0 Å². The fourth-order valence-corrected chi connectivity index (χ4v) is 1.88. The summed E-state index contributed by atoms with van der Waals surface area (Å²) in [7, 11) is 2.14. The molecular formula is C11H18N4O. The van der Waals surface area contributed by atoms with E-state index in [0.717, 1.165) is 25.5 Å². The maximum Gasteiger partial charge on any atom is 0.147 e. The number of aromatic nitrogens is 2. The lowest BCUT2D eigenvalue weighted by Gasteiger charge is -2.38. The van der Waals surface area contributed by atoms with Crippen LogP contribution >= 0.6 is 0 Å². The molecule has 0 radical (unpaired) electrons. The number of piperazine rings is 1. The second-order valence-corrected chi connectivity index (χ2v) is 4.30. The van der Waals surface area contributed by atoms with Gasteiger partial charge in [-0.3, -0.25) is 4.98 Å². The molecular weight excluding hydrogens is 204 g/mol. The third-order valence-corrected chi connectivity index (χ3v) is 3.12. The average Bonchev–Trinajstić information content (AvgIpc) is 2.33. The van der Waals surface area contributed by atoms with E-state index in [1.807, 2.05) is 0 Å². The van der Waals surface area contributed by atoms with E-state index >= 15 is 0 Å². The number of hydrogen-bond donors (Lipinski definition) is 1. The molecule has 1 aromatic rings. The number of likely N-dealkylation sites (N-methyl/N-ethyl adjacent to an activating group) is 1. The molecule has 2 heterocycles. The van der Waals surface area contributed by atoms with E-state index in [0.29, 0.717) is 11.7 Å². The van der Waals surface area contributed by atoms with Gasteiger partial charge in [0.1, 0.15) is 5.82 Å². The van der Waals surface area contributed by atoms with Crippen LogP contribution in [-0.4, -0.2) is 52.7 Å². The molecule has 0 aromatic carbocycles. The Labute approximate surface area is 95.7 Å². The number of aliphatic hydroxyl groups excluding tert-OH is 1. The second-order valence-electron chi connectivity index (χ2n) is 4.30. The van der Waals surface area contributed by atoms with E-state index in [9.17, 15) is 0 Å². The van der Waals surface area contributed by atoms with Crippen molar-refractivity contribution in [3.05, 3.63) is 18.1 Å². The Morgan fingerprint density at radius 2 is 2.25 bits per heavy atom. The van der Waals surface area contributed by atoms with Crippen molar-refractivity contribution in [2.75, 3.05) is 31.6 Å². The summed E-state index contributed by atoms with van der Waals surface area (Å²) in [6, 6.07) is 0.522. The molecule has 16 heavy (non-hydrogen) atoms. The van der Waals surface area contributed by atoms with Crippen LogP contribution in [0.3, 0.4) is 0 Å². The number of rotatable bonds is 2. The number of anilines is 1. The van der Waals surface area contributed by atoms with Crippen LogP contribution in [0, 0.1) is 0 Å². The molecule has 1 atom stereocenters. The van der Waals surface area contributed by atoms with Crippen LogP contribution in [0.4, 0.5) is 5.82 Å². The fraction of sp³-hybridized carbons (Fsp3) is 0.636. The van der Waals surface area contributed by atoms with E-state index in [4.69, 9.17) is 5.11 Å². The summed E-state index contributed by atoms with van der Waals surface area (Å²) in [6.45, 7) is 5.11. The number of nitrogens with zero attached hydrogens (tertiary/aromatic N) is 4. The van der Waals surface area contributed by atoms with Gasteiger partial charge in [0, 0.05) is 25.7 Å². The molecule has 0 bridgehead atoms. The van der Waals surface area contributed by atoms with E-state index in [2.05, 4.69) is 33.7 Å². The molecule has 88 valence electrons. The second kappa shape index (κ2) is 4.76. The maximum absolute atomic E-state index is 9.03. The summed E-state index contributed by atoms with van der Waals surface area (Å²) in [4.78, 5) is 13.0. The van der Waals surface area contributed by atoms with E-state index in [1.165, 1.54) is 0 Å². The van der Waals surface area contributed by atoms with Gasteiger partial charge in [0.25, 0.3) is 0 Å². The zero-order valence-corrected chi connectivity index (χ0v) is 9.80. The minimum absolute atomic E-state index is 0.0515. The van der Waals surface area contributed by atoms with E-state index < -0.39 is 0 Å². The molecule has 1 aliphatic heterocycles. The first-order valence-electron chi connectivity index (χ1n) is 5.57. The largest absolute Gasteiger partial charge is 0.390 e. The molecule has 1 fully saturated rings. The first-order valence-corrected chi connectivity index (χ1v) is 5.57. The first kappa shape index (κ1) is 11.3. The summed E-state index contributed by atoms with van der Waals surface area (Å²) < 4.78 is 0. The SMILES string of the molecule is CC1CN(c2cncc(CO)n2)CCN1C. The van der Waals surface area contributed by atoms with Crippen molar-refractivity contribution >= 4 is 5.82 Å². The van der Waals surface area contributed by atoms with E-state index in [1.54, 1.807) is 12.4 Å². The van der Waals surface area contributed by atoms with Crippen molar-refractivity contribution in [2.24, 2.45) is 0 Å². The molecule has 1 saturated heterocycles. The van der Waals surface area contributed by atoms with Crippen LogP contribution in [0.5, 0.6) is 0 Å². The van der Waals surface area contributed by atoms with Crippen LogP contribution in [0.15, 0.2) is 12.4 Å². The van der Waals surface area contributed by atoms with Gasteiger partial charge in [-0.2, -0.15) is 0 Å². The summed E-state index contributed by atoms with van der Waals surface area (Å²) in [6.07, 6.45) is 3.36. The van der Waals surface area contributed by atoms with Crippen LogP contribution in [-0.2, 0) is 6.61 Å². The predicted octanol–water partition coefficient (Wildman–Crippen LogP) is 0.109. The summed E-state index contributed by atoms with van der Waals surface area (Å²) in [5.41, 5.74) is 0.629. The molecule has 1 unspecified atom stereocenters. The predicted molar refractivity (Wildman–Crippen MR) is 62.3 cm³/mol. The van der Waals surface area contributed by atoms with Gasteiger partial charge < -0.3 is 14.9 Å². The standard InChI is InChI=1S/C11H18N4O/c1-9-7-15(4-3-14(9)2)11-6-12-5-10(8-16)13-11/h5-6,9,16H,3-4,7-8H2,1-2H3. The Balaban J connectivity index is 2.12. The zero-order chi connectivity index (χ0) is 11.5. The lowest BCUT2D eigenvalue weighted by Crippen LogP contribution is -2.50. The Kier molecular flexibility index (Phi) is 3.36. The minimum atomic E-state index is -0.0515. The Bertz CT molecular complexity index is 358. The van der Waals surface area contributed by atoms with Gasteiger partial charge in [-0.25, -0.2) is 4.98 Å². The topological polar surface area (TPSA) is 52.5 Å². The van der Waals surface area contributed by atoms with Crippen molar-refractivity contribution in [3.63, 3.8) is 0 Å². The van der Waals surface area contributed by atoms with Crippen molar-refractivity contribution in [3.8, 4) is 0 Å². The van der Waals surface area contributed by atoms with Crippen LogP contribution in [0.2, 0.25) is 0 Å². The first-order chi connectivity index (χ1) is 7.70. The van der Waals surface area contributed by atoms with Gasteiger partial charge in [-0.15, -0.1) is 0 Å². The molecule has 5 heteroatoms. The highest BCUT2D eigenvalue weighted by Crippen LogP contribution is 2.15. The molecule has 2 rings (SSSR count). The van der Waals surface area contributed by atoms with Gasteiger partial charge in [-0.1, -0.05) is 0 Å². The monoisotopic (exact) mass is 222 g/mol. The minimum Gasteiger partial charge on any atom is -0.390 e. The lowest BCUT2D eigenvalue weighted by molar-refractivity contribution is 0.233. The average molecular weight is 222 g/mol. The molecule has 1 aromatic heterocycles. The molecule has 0 spiro atoms. The Morgan fingerprint density at radius 3 is 2.94 bits per heavy atom. The normalized spacial score (nSPS) is 22.4. The third-order valence-electron chi connectivity index (χ3n) is 3.12. The summed E-state index contributed by atoms with van der Waals surface area (Å²) in [5, 5.41) is 9.03. The third kappa shape index (κ3) is 2.31. The molecule has 0 saturated carbocycles. The molecule has 0 amide bonds. The highest BCUT2D eigenvalue weighted by Gasteiger charge is 2.21. The highest BCUT2D eigenvalue weighted by atomic mass is 16.3. The quantitative estimate of drug-likeness (QED) is 0.769. The molecule has 0 aliphatic carbocycles. The molecule has 1 aliphatic rings. The van der Waals surface area contributed by atoms with Crippen LogP contribution in [0.1, 0.15) is 12.6 Å². The Morgan fingerprint density at radius 1 is 1.44 bits per heavy atom. The van der Waals surface area contributed by atoms with Crippen molar-refractivity contribution in [1.29, 1.82) is 0 Å². The van der Waals surface area contributed by atoms with Crippen LogP contribution < -0.4 is 4.90 Å². The zero-order valence-electron chi connectivity index (χ0n) is 9.80. The van der Waals surface area contributed by atoms with Crippen molar-refractivity contribution < 1.29 is 5.11 Å². The maximum atomic E-state index is 9.03. The molecule has 5 nitrogen and oxygen atoms in total.